The minimum atomic E-state index is -0.479. The lowest BCUT2D eigenvalue weighted by atomic mass is 9.73. The SMILES string of the molecule is [B]CC(O)CCC/C([B])=C(/[B])C(C)C#N. The molecular formula is C10H14B3NO. The summed E-state index contributed by atoms with van der Waals surface area (Å²) in [6, 6.07) is 2.02. The molecule has 0 spiro atoms. The lowest BCUT2D eigenvalue weighted by molar-refractivity contribution is 0.182. The maximum Gasteiger partial charge on any atom is 0.108 e. The molecule has 0 amide bonds. The topological polar surface area (TPSA) is 44.0 Å². The van der Waals surface area contributed by atoms with Gasteiger partial charge in [0.25, 0.3) is 0 Å². The van der Waals surface area contributed by atoms with Crippen molar-refractivity contribution in [3.8, 4) is 6.07 Å². The molecule has 0 aliphatic rings. The van der Waals surface area contributed by atoms with Gasteiger partial charge in [-0.3, -0.25) is 0 Å². The third-order valence-corrected chi connectivity index (χ3v) is 2.29. The van der Waals surface area contributed by atoms with Crippen LogP contribution >= 0.6 is 0 Å². The molecule has 0 aromatic rings. The number of hydrogen-bond acceptors (Lipinski definition) is 2. The van der Waals surface area contributed by atoms with Crippen molar-refractivity contribution in [1.29, 1.82) is 5.26 Å². The predicted octanol–water partition coefficient (Wildman–Crippen LogP) is 0.813. The van der Waals surface area contributed by atoms with Gasteiger partial charge in [0.05, 0.1) is 19.8 Å². The molecule has 0 saturated heterocycles. The Balaban J connectivity index is 4.02. The van der Waals surface area contributed by atoms with Crippen LogP contribution in [0.3, 0.4) is 0 Å². The Hall–Kier alpha value is -0.615. The second kappa shape index (κ2) is 7.65. The fourth-order valence-corrected chi connectivity index (χ4v) is 1.14. The minimum Gasteiger partial charge on any atom is -0.394 e. The van der Waals surface area contributed by atoms with Crippen LogP contribution in [0.15, 0.2) is 10.9 Å². The van der Waals surface area contributed by atoms with Crippen LogP contribution in [-0.4, -0.2) is 34.7 Å². The van der Waals surface area contributed by atoms with Gasteiger partial charge in [0.15, 0.2) is 0 Å². The summed E-state index contributed by atoms with van der Waals surface area (Å²) >= 11 is 0. The van der Waals surface area contributed by atoms with E-state index in [1.807, 2.05) is 6.07 Å². The molecule has 2 atom stereocenters. The van der Waals surface area contributed by atoms with E-state index in [2.05, 4.69) is 0 Å². The smallest absolute Gasteiger partial charge is 0.108 e. The highest BCUT2D eigenvalue weighted by Crippen LogP contribution is 2.15. The van der Waals surface area contributed by atoms with Gasteiger partial charge in [0.1, 0.15) is 15.7 Å². The van der Waals surface area contributed by atoms with Gasteiger partial charge in [0, 0.05) is 6.10 Å². The van der Waals surface area contributed by atoms with E-state index in [-0.39, 0.29) is 12.2 Å². The van der Waals surface area contributed by atoms with Crippen LogP contribution in [0.5, 0.6) is 0 Å². The highest BCUT2D eigenvalue weighted by atomic mass is 16.3. The zero-order valence-electron chi connectivity index (χ0n) is 9.11. The first-order valence-corrected chi connectivity index (χ1v) is 5.04. The van der Waals surface area contributed by atoms with E-state index in [0.717, 1.165) is 6.42 Å². The Bertz CT molecular complexity index is 260. The first-order valence-electron chi connectivity index (χ1n) is 5.04. The summed E-state index contributed by atoms with van der Waals surface area (Å²) in [6.45, 7) is 1.71. The summed E-state index contributed by atoms with van der Waals surface area (Å²) in [5.74, 6) is -0.357. The third-order valence-electron chi connectivity index (χ3n) is 2.29. The molecule has 0 fully saturated rings. The molecule has 0 aromatic carbocycles. The highest BCUT2D eigenvalue weighted by molar-refractivity contribution is 6.31. The molecule has 74 valence electrons. The zero-order valence-corrected chi connectivity index (χ0v) is 9.11. The maximum absolute atomic E-state index is 9.20. The summed E-state index contributed by atoms with van der Waals surface area (Å²) in [6.07, 6.45) is 1.70. The Morgan fingerprint density at radius 3 is 2.53 bits per heavy atom. The first kappa shape index (κ1) is 14.4. The zero-order chi connectivity index (χ0) is 11.8. The quantitative estimate of drug-likeness (QED) is 0.640. The van der Waals surface area contributed by atoms with E-state index < -0.39 is 6.10 Å². The molecule has 0 saturated carbocycles. The van der Waals surface area contributed by atoms with Crippen LogP contribution in [-0.2, 0) is 0 Å². The van der Waals surface area contributed by atoms with Gasteiger partial charge in [-0.2, -0.15) is 5.26 Å². The van der Waals surface area contributed by atoms with Crippen molar-refractivity contribution in [3.05, 3.63) is 10.9 Å². The lowest BCUT2D eigenvalue weighted by Crippen LogP contribution is -2.06. The first-order chi connectivity index (χ1) is 7.02. The number of aliphatic hydroxyl groups is 1. The Morgan fingerprint density at radius 1 is 1.47 bits per heavy atom. The summed E-state index contributed by atoms with van der Waals surface area (Å²) in [7, 11) is 16.6. The molecule has 0 aromatic heterocycles. The van der Waals surface area contributed by atoms with Crippen molar-refractivity contribution in [1.82, 2.24) is 0 Å². The molecular weight excluding hydrogens is 183 g/mol. The molecule has 2 nitrogen and oxygen atoms in total. The Kier molecular flexibility index (Phi) is 7.33. The van der Waals surface area contributed by atoms with Crippen molar-refractivity contribution in [2.45, 2.75) is 38.6 Å². The van der Waals surface area contributed by atoms with Crippen molar-refractivity contribution >= 4 is 23.5 Å². The molecule has 2 unspecified atom stereocenters. The molecule has 5 heteroatoms. The number of rotatable bonds is 6. The highest BCUT2D eigenvalue weighted by Gasteiger charge is 2.05. The molecule has 0 aliphatic heterocycles. The van der Waals surface area contributed by atoms with Gasteiger partial charge in [-0.25, -0.2) is 0 Å². The second-order valence-corrected chi connectivity index (χ2v) is 3.61. The number of aliphatic hydroxyl groups excluding tert-OH is 1. The summed E-state index contributed by atoms with van der Waals surface area (Å²) in [5, 5.41) is 17.8. The van der Waals surface area contributed by atoms with E-state index in [0.29, 0.717) is 23.8 Å². The van der Waals surface area contributed by atoms with Crippen molar-refractivity contribution in [2.24, 2.45) is 5.92 Å². The summed E-state index contributed by atoms with van der Waals surface area (Å²) < 4.78 is 0. The van der Waals surface area contributed by atoms with Crippen molar-refractivity contribution < 1.29 is 5.11 Å². The van der Waals surface area contributed by atoms with E-state index >= 15 is 0 Å². The molecule has 0 aliphatic carbocycles. The fraction of sp³-hybridized carbons (Fsp3) is 0.700. The molecule has 1 N–H and O–H groups in total. The third kappa shape index (κ3) is 5.74. The van der Waals surface area contributed by atoms with Crippen LogP contribution in [0, 0.1) is 17.2 Å². The van der Waals surface area contributed by atoms with E-state index in [4.69, 9.17) is 28.8 Å². The van der Waals surface area contributed by atoms with Gasteiger partial charge < -0.3 is 5.11 Å². The van der Waals surface area contributed by atoms with E-state index in [9.17, 15) is 5.11 Å². The van der Waals surface area contributed by atoms with Crippen LogP contribution in [0.4, 0.5) is 0 Å². The lowest BCUT2D eigenvalue weighted by Gasteiger charge is -2.12. The van der Waals surface area contributed by atoms with Gasteiger partial charge in [-0.15, -0.1) is 10.9 Å². The van der Waals surface area contributed by atoms with E-state index in [1.54, 1.807) is 6.92 Å². The number of nitriles is 1. The normalized spacial score (nSPS) is 16.3. The monoisotopic (exact) mass is 197 g/mol. The Labute approximate surface area is 96.0 Å². The Morgan fingerprint density at radius 2 is 2.07 bits per heavy atom. The van der Waals surface area contributed by atoms with Crippen LogP contribution in [0.1, 0.15) is 26.2 Å². The van der Waals surface area contributed by atoms with Gasteiger partial charge in [-0.1, -0.05) is 6.32 Å². The predicted molar refractivity (Wildman–Crippen MR) is 63.7 cm³/mol. The number of nitrogens with zero attached hydrogens (tertiary/aromatic N) is 1. The van der Waals surface area contributed by atoms with Crippen LogP contribution in [0.2, 0.25) is 6.32 Å². The number of allylic oxidation sites excluding steroid dienone is 2. The number of hydrogen-bond donors (Lipinski definition) is 1. The standard InChI is InChI=1S/C10H14B3NO/c1-7(6-14)10(13)9(12)4-2-3-8(15)5-11/h7-8,15H,2-5H2,1H3/b10-9-. The molecule has 0 rings (SSSR count). The van der Waals surface area contributed by atoms with Gasteiger partial charge in [0.2, 0.25) is 0 Å². The summed E-state index contributed by atoms with van der Waals surface area (Å²) in [4.78, 5) is 0. The largest absolute Gasteiger partial charge is 0.394 e. The average Bonchev–Trinajstić information content (AvgIpc) is 2.26. The second-order valence-electron chi connectivity index (χ2n) is 3.61. The average molecular weight is 197 g/mol. The fourth-order valence-electron chi connectivity index (χ4n) is 1.14. The van der Waals surface area contributed by atoms with Crippen molar-refractivity contribution in [2.75, 3.05) is 0 Å². The van der Waals surface area contributed by atoms with Gasteiger partial charge >= 0.3 is 0 Å². The van der Waals surface area contributed by atoms with E-state index in [1.165, 1.54) is 0 Å². The molecule has 0 heterocycles. The maximum atomic E-state index is 9.20. The molecule has 6 radical (unpaired) electrons. The minimum absolute atomic E-state index is 0.258. The van der Waals surface area contributed by atoms with Crippen LogP contribution in [0.25, 0.3) is 0 Å². The van der Waals surface area contributed by atoms with Crippen LogP contribution < -0.4 is 0 Å². The van der Waals surface area contributed by atoms with Gasteiger partial charge in [-0.05, 0) is 26.2 Å². The van der Waals surface area contributed by atoms with Crippen molar-refractivity contribution in [3.63, 3.8) is 0 Å². The molecule has 15 heavy (non-hydrogen) atoms. The summed E-state index contributed by atoms with van der Waals surface area (Å²) in [5.41, 5.74) is 0.966. The molecule has 0 bridgehead atoms.